The molecule has 60 valence electrons. The first-order valence-corrected chi connectivity index (χ1v) is 4.35. The molecule has 0 saturated heterocycles. The molecule has 0 rings (SSSR count). The van der Waals surface area contributed by atoms with Crippen molar-refractivity contribution in [1.29, 1.82) is 0 Å². The molecule has 1 nitrogen and oxygen atoms in total. The van der Waals surface area contributed by atoms with E-state index in [1.54, 1.807) is 0 Å². The van der Waals surface area contributed by atoms with E-state index in [4.69, 9.17) is 0 Å². The zero-order valence-electron chi connectivity index (χ0n) is 8.02. The summed E-state index contributed by atoms with van der Waals surface area (Å²) >= 11 is 0. The van der Waals surface area contributed by atoms with Gasteiger partial charge in [-0.25, -0.2) is 0 Å². The molecule has 0 aliphatic carbocycles. The molecule has 2 heteroatoms. The Morgan fingerprint density at radius 1 is 1.10 bits per heavy atom. The summed E-state index contributed by atoms with van der Waals surface area (Å²) in [7, 11) is 1.23. The van der Waals surface area contributed by atoms with E-state index in [0.29, 0.717) is 12.1 Å². The van der Waals surface area contributed by atoms with Crippen LogP contribution >= 0.6 is 0 Å². The minimum atomic E-state index is 0.694. The highest BCUT2D eigenvalue weighted by atomic mass is 15.1. The van der Waals surface area contributed by atoms with Gasteiger partial charge in [-0.05, 0) is 12.1 Å². The minimum absolute atomic E-state index is 0.694. The average molecular weight is 141 g/mol. The van der Waals surface area contributed by atoms with Gasteiger partial charge in [0.2, 0.25) is 7.41 Å². The Bertz CT molecular complexity index is 73.3. The molecule has 0 aliphatic heterocycles. The van der Waals surface area contributed by atoms with Crippen LogP contribution in [-0.4, -0.2) is 24.3 Å². The summed E-state index contributed by atoms with van der Waals surface area (Å²) in [6.07, 6.45) is 1.26. The summed E-state index contributed by atoms with van der Waals surface area (Å²) in [4.78, 5) is 2.51. The van der Waals surface area contributed by atoms with Gasteiger partial charge in [0.25, 0.3) is 0 Å². The van der Waals surface area contributed by atoms with E-state index < -0.39 is 0 Å². The number of rotatable bonds is 4. The van der Waals surface area contributed by atoms with Gasteiger partial charge in [-0.3, -0.25) is 0 Å². The van der Waals surface area contributed by atoms with Crippen molar-refractivity contribution in [3.05, 3.63) is 0 Å². The lowest BCUT2D eigenvalue weighted by Crippen LogP contribution is -2.39. The Morgan fingerprint density at radius 3 is 1.60 bits per heavy atom. The molecule has 0 saturated carbocycles. The van der Waals surface area contributed by atoms with Crippen molar-refractivity contribution < 1.29 is 0 Å². The van der Waals surface area contributed by atoms with Crippen molar-refractivity contribution in [3.8, 4) is 0 Å². The van der Waals surface area contributed by atoms with Crippen molar-refractivity contribution >= 4 is 7.41 Å². The second-order valence-corrected chi connectivity index (χ2v) is 3.43. The second-order valence-electron chi connectivity index (χ2n) is 3.43. The molecule has 0 atom stereocenters. The van der Waals surface area contributed by atoms with Gasteiger partial charge in [0.15, 0.2) is 0 Å². The van der Waals surface area contributed by atoms with Gasteiger partial charge in [-0.1, -0.05) is 40.9 Å². The molecule has 0 unspecified atom stereocenters. The summed E-state index contributed by atoms with van der Waals surface area (Å²) in [5.74, 6) is 0. The van der Waals surface area contributed by atoms with E-state index in [2.05, 4.69) is 39.4 Å². The average Bonchev–Trinajstić information content (AvgIpc) is 1.81. The summed E-state index contributed by atoms with van der Waals surface area (Å²) in [6, 6.07) is 1.39. The Labute approximate surface area is 66.1 Å². The minimum Gasteiger partial charge on any atom is -0.341 e. The number of nitrogens with zero attached hydrogens (tertiary/aromatic N) is 1. The molecule has 0 bridgehead atoms. The van der Waals surface area contributed by atoms with Crippen molar-refractivity contribution in [1.82, 2.24) is 4.81 Å². The zero-order chi connectivity index (χ0) is 8.15. The Balaban J connectivity index is 3.73. The lowest BCUT2D eigenvalue weighted by molar-refractivity contribution is 0.312. The van der Waals surface area contributed by atoms with Crippen LogP contribution in [0.2, 0.25) is 6.32 Å². The van der Waals surface area contributed by atoms with Crippen LogP contribution in [0.3, 0.4) is 0 Å². The second kappa shape index (κ2) is 4.78. The van der Waals surface area contributed by atoms with Gasteiger partial charge in [-0.2, -0.15) is 0 Å². The van der Waals surface area contributed by atoms with E-state index >= 15 is 0 Å². The van der Waals surface area contributed by atoms with Crippen LogP contribution in [0.1, 0.15) is 34.6 Å². The molecule has 0 spiro atoms. The molecule has 0 aromatic rings. The molecule has 0 aromatic carbocycles. The fourth-order valence-corrected chi connectivity index (χ4v) is 1.37. The summed E-state index contributed by atoms with van der Waals surface area (Å²) in [5, 5.41) is 0. The van der Waals surface area contributed by atoms with Crippen molar-refractivity contribution in [2.75, 3.05) is 0 Å². The van der Waals surface area contributed by atoms with Gasteiger partial charge in [0.1, 0.15) is 0 Å². The van der Waals surface area contributed by atoms with Crippen LogP contribution < -0.4 is 0 Å². The molecule has 0 radical (unpaired) electrons. The van der Waals surface area contributed by atoms with Crippen LogP contribution in [0.5, 0.6) is 0 Å². The Hall–Kier alpha value is 0.0249. The van der Waals surface area contributed by atoms with Gasteiger partial charge in [0, 0.05) is 0 Å². The quantitative estimate of drug-likeness (QED) is 0.540. The largest absolute Gasteiger partial charge is 0.341 e. The molecule has 0 fully saturated rings. The molecule has 0 aliphatic rings. The van der Waals surface area contributed by atoms with Crippen LogP contribution in [0.4, 0.5) is 0 Å². The molecule has 0 N–H and O–H groups in total. The lowest BCUT2D eigenvalue weighted by atomic mass is 9.84. The van der Waals surface area contributed by atoms with Crippen molar-refractivity contribution in [2.45, 2.75) is 53.0 Å². The number of hydrogen-bond donors (Lipinski definition) is 0. The first kappa shape index (κ1) is 10.0. The van der Waals surface area contributed by atoms with Crippen LogP contribution in [0.25, 0.3) is 0 Å². The van der Waals surface area contributed by atoms with E-state index in [-0.39, 0.29) is 0 Å². The summed E-state index contributed by atoms with van der Waals surface area (Å²) < 4.78 is 0. The predicted octanol–water partition coefficient (Wildman–Crippen LogP) is 1.89. The predicted molar refractivity (Wildman–Crippen MR) is 49.7 cm³/mol. The molecule has 0 aromatic heterocycles. The van der Waals surface area contributed by atoms with Crippen molar-refractivity contribution in [2.24, 2.45) is 0 Å². The van der Waals surface area contributed by atoms with Gasteiger partial charge < -0.3 is 4.81 Å². The zero-order valence-corrected chi connectivity index (χ0v) is 8.02. The van der Waals surface area contributed by atoms with Crippen LogP contribution in [0.15, 0.2) is 0 Å². The van der Waals surface area contributed by atoms with E-state index in [9.17, 15) is 0 Å². The first-order chi connectivity index (χ1) is 4.59. The summed E-state index contributed by atoms with van der Waals surface area (Å²) in [6.45, 7) is 11.3. The molecule has 0 amide bonds. The first-order valence-electron chi connectivity index (χ1n) is 4.35. The maximum absolute atomic E-state index is 2.51. The maximum atomic E-state index is 2.51. The molecule has 0 heterocycles. The Kier molecular flexibility index (Phi) is 4.79. The Morgan fingerprint density at radius 2 is 1.50 bits per heavy atom. The summed E-state index contributed by atoms with van der Waals surface area (Å²) in [5.41, 5.74) is 0. The fraction of sp³-hybridized carbons (Fsp3) is 1.00. The fourth-order valence-electron chi connectivity index (χ4n) is 1.37. The number of hydrogen-bond acceptors (Lipinski definition) is 1. The highest BCUT2D eigenvalue weighted by Crippen LogP contribution is 2.03. The van der Waals surface area contributed by atoms with E-state index in [1.165, 1.54) is 13.7 Å². The van der Waals surface area contributed by atoms with Crippen LogP contribution in [-0.2, 0) is 0 Å². The molecular formula is C8H20BN. The van der Waals surface area contributed by atoms with Crippen LogP contribution in [0, 0.1) is 0 Å². The third-order valence-corrected chi connectivity index (χ3v) is 1.81. The van der Waals surface area contributed by atoms with Gasteiger partial charge >= 0.3 is 0 Å². The topological polar surface area (TPSA) is 3.24 Å². The van der Waals surface area contributed by atoms with E-state index in [1.807, 2.05) is 0 Å². The standard InChI is InChI=1S/C8H20BN/c1-6-9-10(7(2)3)8(4)5/h7-9H,6H2,1-5H3. The van der Waals surface area contributed by atoms with E-state index in [0.717, 1.165) is 0 Å². The molecule has 10 heavy (non-hydrogen) atoms. The maximum Gasteiger partial charge on any atom is 0.204 e. The highest BCUT2D eigenvalue weighted by molar-refractivity contribution is 6.31. The highest BCUT2D eigenvalue weighted by Gasteiger charge is 2.11. The van der Waals surface area contributed by atoms with Crippen molar-refractivity contribution in [3.63, 3.8) is 0 Å². The van der Waals surface area contributed by atoms with Gasteiger partial charge in [-0.15, -0.1) is 0 Å². The monoisotopic (exact) mass is 141 g/mol. The van der Waals surface area contributed by atoms with Gasteiger partial charge in [0.05, 0.1) is 0 Å². The third kappa shape index (κ3) is 3.26. The SMILES string of the molecule is CCBN(C(C)C)C(C)C. The lowest BCUT2D eigenvalue weighted by Gasteiger charge is -2.29. The normalized spacial score (nSPS) is 11.6. The molecular weight excluding hydrogens is 121 g/mol. The third-order valence-electron chi connectivity index (χ3n) is 1.81. The smallest absolute Gasteiger partial charge is 0.204 e.